The second kappa shape index (κ2) is 5.17. The minimum absolute atomic E-state index is 0.0408. The van der Waals surface area contributed by atoms with Crippen LogP contribution >= 0.6 is 4.17 Å². The van der Waals surface area contributed by atoms with Crippen LogP contribution in [-0.4, -0.2) is 0 Å². The molecule has 2 aromatic carbocycles. The van der Waals surface area contributed by atoms with Gasteiger partial charge in [0, 0.05) is 0 Å². The number of benzene rings is 2. The van der Waals surface area contributed by atoms with Crippen molar-refractivity contribution in [2.24, 2.45) is 0 Å². The number of hydrogen-bond acceptors (Lipinski definition) is 0. The van der Waals surface area contributed by atoms with E-state index in [1.165, 1.54) is 40.9 Å². The van der Waals surface area contributed by atoms with Crippen LogP contribution < -0.4 is 10.6 Å². The first kappa shape index (κ1) is 10.5. The van der Waals surface area contributed by atoms with E-state index in [0.717, 1.165) is 0 Å². The molecule has 14 heavy (non-hydrogen) atoms. The molecule has 0 heterocycles. The van der Waals surface area contributed by atoms with Crippen LogP contribution in [0.2, 0.25) is 0 Å². The Bertz CT molecular complexity index is 346. The molecule has 0 aliphatic heterocycles. The van der Waals surface area contributed by atoms with Gasteiger partial charge < -0.3 is 0 Å². The molecule has 0 atom stereocenters. The molecule has 0 saturated carbocycles. The monoisotopic (exact) mass is 274 g/mol. The molecule has 0 amide bonds. The molecular formula is C12H10PY. The van der Waals surface area contributed by atoms with E-state index < -0.39 is 0 Å². The van der Waals surface area contributed by atoms with Gasteiger partial charge in [-0.2, -0.15) is 0 Å². The summed E-state index contributed by atoms with van der Waals surface area (Å²) in [7, 11) is 0. The van der Waals surface area contributed by atoms with Gasteiger partial charge in [0.1, 0.15) is 0 Å². The van der Waals surface area contributed by atoms with Gasteiger partial charge >= 0.3 is 106 Å². The molecule has 0 bridgehead atoms. The van der Waals surface area contributed by atoms with Crippen LogP contribution in [0.25, 0.3) is 0 Å². The molecule has 0 saturated heterocycles. The molecule has 0 radical (unpaired) electrons. The van der Waals surface area contributed by atoms with E-state index in [2.05, 4.69) is 60.7 Å². The fraction of sp³-hybridized carbons (Fsp3) is 0. The predicted octanol–water partition coefficient (Wildman–Crippen LogP) is 2.58. The normalized spacial score (nSPS) is 10.3. The summed E-state index contributed by atoms with van der Waals surface area (Å²) in [6.07, 6.45) is 0. The Balaban J connectivity index is 2.30. The van der Waals surface area contributed by atoms with Crippen molar-refractivity contribution in [1.82, 2.24) is 0 Å². The topological polar surface area (TPSA) is 0 Å². The van der Waals surface area contributed by atoms with E-state index in [-0.39, 0.29) is 4.17 Å². The van der Waals surface area contributed by atoms with Gasteiger partial charge in [-0.1, -0.05) is 0 Å². The zero-order valence-electron chi connectivity index (χ0n) is 7.80. The standard InChI is InChI=1S/C12H10P.Y/c1-3-7-11(8-4-1)13-12-9-5-2-6-10-12;/h1-10H;/q-1;+1. The van der Waals surface area contributed by atoms with Crippen molar-refractivity contribution >= 4 is 14.8 Å². The molecule has 0 fully saturated rings. The average molecular weight is 274 g/mol. The van der Waals surface area contributed by atoms with E-state index in [9.17, 15) is 0 Å². The van der Waals surface area contributed by atoms with Crippen molar-refractivity contribution < 1.29 is 30.3 Å². The SMILES string of the molecule is [Y][P](c1ccccc1)c1ccccc1. The Kier molecular flexibility index (Phi) is 3.87. The third-order valence-electron chi connectivity index (χ3n) is 2.07. The molecule has 0 nitrogen and oxygen atoms in total. The number of hydrogen-bond donors (Lipinski definition) is 0. The number of rotatable bonds is 2. The zero-order valence-corrected chi connectivity index (χ0v) is 11.5. The van der Waals surface area contributed by atoms with Gasteiger partial charge in [0.25, 0.3) is 0 Å². The Hall–Kier alpha value is -0.0261. The summed E-state index contributed by atoms with van der Waals surface area (Å²) in [5.74, 6) is 0. The molecule has 0 aromatic heterocycles. The summed E-state index contributed by atoms with van der Waals surface area (Å²) in [6, 6.07) is 21.6. The summed E-state index contributed by atoms with van der Waals surface area (Å²) in [5, 5.41) is 2.99. The maximum atomic E-state index is 2.24. The molecule has 0 unspecified atom stereocenters. The minimum atomic E-state index is -0.0408. The first-order valence-electron chi connectivity index (χ1n) is 4.53. The average Bonchev–Trinajstić information content (AvgIpc) is 2.30. The van der Waals surface area contributed by atoms with Crippen molar-refractivity contribution in [3.8, 4) is 0 Å². The van der Waals surface area contributed by atoms with Crippen LogP contribution in [-0.2, 0) is 30.3 Å². The van der Waals surface area contributed by atoms with E-state index in [0.29, 0.717) is 0 Å². The molecule has 2 aromatic rings. The molecule has 0 spiro atoms. The van der Waals surface area contributed by atoms with Gasteiger partial charge in [0.15, 0.2) is 0 Å². The molecule has 0 aliphatic rings. The van der Waals surface area contributed by atoms with Crippen molar-refractivity contribution in [2.45, 2.75) is 0 Å². The van der Waals surface area contributed by atoms with Gasteiger partial charge in [0.2, 0.25) is 0 Å². The fourth-order valence-electron chi connectivity index (χ4n) is 1.33. The van der Waals surface area contributed by atoms with Crippen LogP contribution in [0.1, 0.15) is 0 Å². The summed E-state index contributed by atoms with van der Waals surface area (Å²) in [4.78, 5) is 0. The van der Waals surface area contributed by atoms with Crippen LogP contribution in [0.3, 0.4) is 0 Å². The zero-order chi connectivity index (χ0) is 9.80. The molecule has 66 valence electrons. The first-order valence-corrected chi connectivity index (χ1v) is 9.75. The van der Waals surface area contributed by atoms with Gasteiger partial charge in [-0.15, -0.1) is 0 Å². The van der Waals surface area contributed by atoms with Crippen molar-refractivity contribution in [2.75, 3.05) is 0 Å². The third-order valence-corrected chi connectivity index (χ3v) is 8.17. The summed E-state index contributed by atoms with van der Waals surface area (Å²) in [6.45, 7) is 0. The van der Waals surface area contributed by atoms with E-state index in [1.807, 2.05) is 0 Å². The Labute approximate surface area is 105 Å². The van der Waals surface area contributed by atoms with Crippen LogP contribution in [0.15, 0.2) is 60.7 Å². The Morgan fingerprint density at radius 3 is 1.36 bits per heavy atom. The van der Waals surface area contributed by atoms with Crippen molar-refractivity contribution in [1.29, 1.82) is 0 Å². The van der Waals surface area contributed by atoms with Crippen molar-refractivity contribution in [3.63, 3.8) is 0 Å². The molecule has 2 heteroatoms. The third kappa shape index (κ3) is 2.51. The molecule has 0 N–H and O–H groups in total. The van der Waals surface area contributed by atoms with Gasteiger partial charge in [-0.05, 0) is 0 Å². The molecular weight excluding hydrogens is 264 g/mol. The maximum absolute atomic E-state index is 2.24. The van der Waals surface area contributed by atoms with Crippen molar-refractivity contribution in [3.05, 3.63) is 60.7 Å². The van der Waals surface area contributed by atoms with E-state index >= 15 is 0 Å². The summed E-state index contributed by atoms with van der Waals surface area (Å²) >= 11 is 1.30. The molecule has 2 rings (SSSR count). The fourth-order valence-corrected chi connectivity index (χ4v) is 5.15. The Morgan fingerprint density at radius 1 is 0.643 bits per heavy atom. The summed E-state index contributed by atoms with van der Waals surface area (Å²) < 4.78 is -0.0408. The summed E-state index contributed by atoms with van der Waals surface area (Å²) in [5.41, 5.74) is 0. The second-order valence-corrected chi connectivity index (χ2v) is 8.62. The van der Waals surface area contributed by atoms with Crippen LogP contribution in [0.4, 0.5) is 0 Å². The van der Waals surface area contributed by atoms with E-state index in [1.54, 1.807) is 0 Å². The van der Waals surface area contributed by atoms with E-state index in [4.69, 9.17) is 0 Å². The van der Waals surface area contributed by atoms with Gasteiger partial charge in [-0.25, -0.2) is 0 Å². The molecule has 0 aliphatic carbocycles. The van der Waals surface area contributed by atoms with Crippen LogP contribution in [0, 0.1) is 0 Å². The Morgan fingerprint density at radius 2 is 1.00 bits per heavy atom. The van der Waals surface area contributed by atoms with Gasteiger partial charge in [0.05, 0.1) is 0 Å². The quantitative estimate of drug-likeness (QED) is 0.738. The first-order chi connectivity index (χ1) is 6.88. The van der Waals surface area contributed by atoms with Gasteiger partial charge in [-0.3, -0.25) is 0 Å². The second-order valence-electron chi connectivity index (χ2n) is 3.04. The van der Waals surface area contributed by atoms with Crippen LogP contribution in [0.5, 0.6) is 0 Å². The predicted molar refractivity (Wildman–Crippen MR) is 59.1 cm³/mol.